The van der Waals surface area contributed by atoms with Crippen molar-refractivity contribution in [1.29, 1.82) is 0 Å². The van der Waals surface area contributed by atoms with Crippen LogP contribution in [0.5, 0.6) is 0 Å². The summed E-state index contributed by atoms with van der Waals surface area (Å²) in [5.41, 5.74) is 0.986. The van der Waals surface area contributed by atoms with Crippen molar-refractivity contribution in [1.82, 2.24) is 4.90 Å². The number of nitrogens with zero attached hydrogens (tertiary/aromatic N) is 1. The zero-order valence-electron chi connectivity index (χ0n) is 10.7. The zero-order valence-corrected chi connectivity index (χ0v) is 12.2. The molecule has 1 aliphatic rings. The van der Waals surface area contributed by atoms with E-state index in [9.17, 15) is 13.2 Å². The maximum Gasteiger partial charge on any atom is 0.261 e. The van der Waals surface area contributed by atoms with Crippen LogP contribution in [0.3, 0.4) is 0 Å². The first-order chi connectivity index (χ1) is 8.88. The molecule has 6 heteroatoms. The second kappa shape index (κ2) is 5.51. The van der Waals surface area contributed by atoms with E-state index in [1.165, 1.54) is 12.1 Å². The summed E-state index contributed by atoms with van der Waals surface area (Å²) in [7, 11) is 3.39. The van der Waals surface area contributed by atoms with Gasteiger partial charge in [-0.25, -0.2) is 8.42 Å². The Balaban J connectivity index is 1.91. The third kappa shape index (κ3) is 3.94. The maximum atomic E-state index is 11.7. The summed E-state index contributed by atoms with van der Waals surface area (Å²) >= 11 is 0. The highest BCUT2D eigenvalue weighted by molar-refractivity contribution is 8.13. The number of likely N-dealkylation sites (N-methyl/N-ethyl adjacent to an activating group) is 1. The molecular formula is C13H16ClNO3S. The molecule has 0 bridgehead atoms. The van der Waals surface area contributed by atoms with E-state index in [1.54, 1.807) is 24.1 Å². The van der Waals surface area contributed by atoms with Gasteiger partial charge in [0.15, 0.2) is 0 Å². The SMILES string of the molecule is CN(CCc1ccc(S(=O)(=O)Cl)cc1)C(=O)C1CC1. The Bertz CT molecular complexity index is 564. The van der Waals surface area contributed by atoms with E-state index in [4.69, 9.17) is 10.7 Å². The molecule has 0 saturated heterocycles. The van der Waals surface area contributed by atoms with Gasteiger partial charge in [-0.3, -0.25) is 4.79 Å². The fourth-order valence-corrected chi connectivity index (χ4v) is 2.64. The average Bonchev–Trinajstić information content (AvgIpc) is 3.18. The topological polar surface area (TPSA) is 54.5 Å². The number of carbonyl (C=O) groups is 1. The molecule has 0 unspecified atom stereocenters. The summed E-state index contributed by atoms with van der Waals surface area (Å²) < 4.78 is 22.2. The van der Waals surface area contributed by atoms with E-state index >= 15 is 0 Å². The van der Waals surface area contributed by atoms with Crippen LogP contribution in [-0.4, -0.2) is 32.8 Å². The molecule has 0 atom stereocenters. The van der Waals surface area contributed by atoms with Crippen LogP contribution in [0.1, 0.15) is 18.4 Å². The van der Waals surface area contributed by atoms with Crippen molar-refractivity contribution < 1.29 is 13.2 Å². The molecule has 0 aliphatic heterocycles. The molecule has 0 aromatic heterocycles. The zero-order chi connectivity index (χ0) is 14.0. The number of benzene rings is 1. The monoisotopic (exact) mass is 301 g/mol. The van der Waals surface area contributed by atoms with Gasteiger partial charge in [-0.15, -0.1) is 0 Å². The van der Waals surface area contributed by atoms with E-state index < -0.39 is 9.05 Å². The minimum absolute atomic E-state index is 0.0975. The number of halogens is 1. The molecule has 1 aromatic carbocycles. The van der Waals surface area contributed by atoms with Crippen LogP contribution in [0.4, 0.5) is 0 Å². The van der Waals surface area contributed by atoms with E-state index in [0.717, 1.165) is 18.4 Å². The predicted octanol–water partition coefficient (Wildman–Crippen LogP) is 2.02. The van der Waals surface area contributed by atoms with Crippen molar-refractivity contribution >= 4 is 25.6 Å². The number of amides is 1. The minimum Gasteiger partial charge on any atom is -0.345 e. The lowest BCUT2D eigenvalue weighted by molar-refractivity contribution is -0.131. The Hall–Kier alpha value is -1.07. The lowest BCUT2D eigenvalue weighted by Gasteiger charge is -2.16. The van der Waals surface area contributed by atoms with Crippen molar-refractivity contribution in [3.63, 3.8) is 0 Å². The summed E-state index contributed by atoms with van der Waals surface area (Å²) in [4.78, 5) is 13.6. The highest BCUT2D eigenvalue weighted by atomic mass is 35.7. The van der Waals surface area contributed by atoms with Crippen LogP contribution in [0.2, 0.25) is 0 Å². The van der Waals surface area contributed by atoms with Crippen LogP contribution >= 0.6 is 10.7 Å². The standard InChI is InChI=1S/C13H16ClNO3S/c1-15(13(16)11-4-5-11)9-8-10-2-6-12(7-3-10)19(14,17)18/h2-3,6-7,11H,4-5,8-9H2,1H3. The Morgan fingerprint density at radius 1 is 1.32 bits per heavy atom. The molecule has 1 fully saturated rings. The predicted molar refractivity (Wildman–Crippen MR) is 73.5 cm³/mol. The molecule has 0 radical (unpaired) electrons. The molecule has 1 saturated carbocycles. The van der Waals surface area contributed by atoms with Crippen molar-refractivity contribution in [2.45, 2.75) is 24.2 Å². The molecular weight excluding hydrogens is 286 g/mol. The van der Waals surface area contributed by atoms with Crippen LogP contribution in [0, 0.1) is 5.92 Å². The van der Waals surface area contributed by atoms with Crippen molar-refractivity contribution in [3.8, 4) is 0 Å². The van der Waals surface area contributed by atoms with Crippen LogP contribution in [0.15, 0.2) is 29.2 Å². The Kier molecular flexibility index (Phi) is 4.16. The highest BCUT2D eigenvalue weighted by Crippen LogP contribution is 2.30. The molecule has 1 aromatic rings. The van der Waals surface area contributed by atoms with Gasteiger partial charge in [0.2, 0.25) is 5.91 Å². The van der Waals surface area contributed by atoms with Crippen LogP contribution < -0.4 is 0 Å². The summed E-state index contributed by atoms with van der Waals surface area (Å²) in [6.07, 6.45) is 2.72. The molecule has 0 N–H and O–H groups in total. The number of hydrogen-bond acceptors (Lipinski definition) is 3. The summed E-state index contributed by atoms with van der Waals surface area (Å²) in [6, 6.07) is 6.43. The van der Waals surface area contributed by atoms with E-state index in [1.807, 2.05) is 0 Å². The van der Waals surface area contributed by atoms with Gasteiger partial charge in [-0.2, -0.15) is 0 Å². The smallest absolute Gasteiger partial charge is 0.261 e. The van der Waals surface area contributed by atoms with Gasteiger partial charge in [0, 0.05) is 30.2 Å². The first-order valence-corrected chi connectivity index (χ1v) is 8.47. The van der Waals surface area contributed by atoms with Crippen molar-refractivity contribution in [2.24, 2.45) is 5.92 Å². The number of rotatable bonds is 5. The number of hydrogen-bond donors (Lipinski definition) is 0. The highest BCUT2D eigenvalue weighted by Gasteiger charge is 2.31. The Labute approximate surface area is 117 Å². The molecule has 0 spiro atoms. The molecule has 19 heavy (non-hydrogen) atoms. The fourth-order valence-electron chi connectivity index (χ4n) is 1.87. The van der Waals surface area contributed by atoms with Gasteiger partial charge in [0.1, 0.15) is 0 Å². The van der Waals surface area contributed by atoms with E-state index in [2.05, 4.69) is 0 Å². The van der Waals surface area contributed by atoms with Gasteiger partial charge >= 0.3 is 0 Å². The van der Waals surface area contributed by atoms with Crippen LogP contribution in [-0.2, 0) is 20.3 Å². The average molecular weight is 302 g/mol. The molecule has 104 valence electrons. The second-order valence-electron chi connectivity index (χ2n) is 4.87. The van der Waals surface area contributed by atoms with Crippen molar-refractivity contribution in [2.75, 3.05) is 13.6 Å². The Morgan fingerprint density at radius 2 is 1.89 bits per heavy atom. The third-order valence-electron chi connectivity index (χ3n) is 3.24. The van der Waals surface area contributed by atoms with Gasteiger partial charge in [-0.05, 0) is 37.0 Å². The summed E-state index contributed by atoms with van der Waals surface area (Å²) in [5, 5.41) is 0. The lowest BCUT2D eigenvalue weighted by Crippen LogP contribution is -2.29. The van der Waals surface area contributed by atoms with E-state index in [0.29, 0.717) is 13.0 Å². The molecule has 0 heterocycles. The molecule has 1 amide bonds. The molecule has 4 nitrogen and oxygen atoms in total. The minimum atomic E-state index is -3.66. The Morgan fingerprint density at radius 3 is 2.37 bits per heavy atom. The van der Waals surface area contributed by atoms with Gasteiger partial charge < -0.3 is 4.90 Å². The normalized spacial score (nSPS) is 15.3. The van der Waals surface area contributed by atoms with Crippen LogP contribution in [0.25, 0.3) is 0 Å². The fraction of sp³-hybridized carbons (Fsp3) is 0.462. The van der Waals surface area contributed by atoms with Gasteiger partial charge in [0.05, 0.1) is 4.90 Å². The quantitative estimate of drug-likeness (QED) is 0.782. The van der Waals surface area contributed by atoms with Gasteiger partial charge in [0.25, 0.3) is 9.05 Å². The molecule has 1 aliphatic carbocycles. The first kappa shape index (κ1) is 14.3. The van der Waals surface area contributed by atoms with Crippen molar-refractivity contribution in [3.05, 3.63) is 29.8 Å². The lowest BCUT2D eigenvalue weighted by atomic mass is 10.1. The third-order valence-corrected chi connectivity index (χ3v) is 4.61. The first-order valence-electron chi connectivity index (χ1n) is 6.16. The molecule has 2 rings (SSSR count). The summed E-state index contributed by atoms with van der Waals surface area (Å²) in [6.45, 7) is 0.641. The summed E-state index contributed by atoms with van der Waals surface area (Å²) in [5.74, 6) is 0.439. The second-order valence-corrected chi connectivity index (χ2v) is 7.43. The van der Waals surface area contributed by atoms with E-state index in [-0.39, 0.29) is 16.7 Å². The number of carbonyl (C=O) groups excluding carboxylic acids is 1. The maximum absolute atomic E-state index is 11.7. The largest absolute Gasteiger partial charge is 0.345 e. The van der Waals surface area contributed by atoms with Gasteiger partial charge in [-0.1, -0.05) is 12.1 Å².